The second-order valence-electron chi connectivity index (χ2n) is 10.0. The number of hydrogen-bond acceptors (Lipinski definition) is 8. The lowest BCUT2D eigenvalue weighted by Gasteiger charge is -2.08. The van der Waals surface area contributed by atoms with Crippen LogP contribution >= 0.6 is 0 Å². The van der Waals surface area contributed by atoms with E-state index in [2.05, 4.69) is 15.8 Å². The van der Waals surface area contributed by atoms with Gasteiger partial charge in [0.15, 0.2) is 0 Å². The summed E-state index contributed by atoms with van der Waals surface area (Å²) in [4.78, 5) is 50.4. The molecule has 0 saturated heterocycles. The van der Waals surface area contributed by atoms with Gasteiger partial charge in [0, 0.05) is 34.0 Å². The molecule has 0 aliphatic carbocycles. The Morgan fingerprint density at radius 3 is 1.88 bits per heavy atom. The quantitative estimate of drug-likeness (QED) is 0.0551. The predicted octanol–water partition coefficient (Wildman–Crippen LogP) is 6.55. The molecule has 2 N–H and O–H groups in total. The zero-order chi connectivity index (χ0) is 33.7. The molecular formula is C38H29N3O7. The molecule has 0 aromatic heterocycles. The van der Waals surface area contributed by atoms with E-state index in [0.29, 0.717) is 39.3 Å². The molecule has 0 aliphatic rings. The number of methoxy groups -OCH3 is 1. The lowest BCUT2D eigenvalue weighted by Crippen LogP contribution is -2.18. The average Bonchev–Trinajstić information content (AvgIpc) is 3.12. The standard InChI is InChI=1S/C38H29N3O7/c1-46-32-22-17-29(18-23-32)38(45)48-33-13-7-5-9-26(33)19-24-35(42)47-34-14-8-6-12-30(34)25-39-41-37(44)28-15-20-31(21-16-28)40-36(43)27-10-3-2-4-11-27/h2-25H,1H3,(H,40,43)(H,41,44)/b24-19+,39-25+. The van der Waals surface area contributed by atoms with E-state index in [0.717, 1.165) is 0 Å². The molecule has 0 unspecified atom stereocenters. The first kappa shape index (κ1) is 32.6. The number of benzene rings is 5. The minimum atomic E-state index is -0.685. The highest BCUT2D eigenvalue weighted by molar-refractivity contribution is 6.04. The van der Waals surface area contributed by atoms with Crippen LogP contribution in [-0.4, -0.2) is 37.1 Å². The minimum absolute atomic E-state index is 0.211. The number of carbonyl (C=O) groups excluding carboxylic acids is 4. The minimum Gasteiger partial charge on any atom is -0.497 e. The zero-order valence-corrected chi connectivity index (χ0v) is 25.7. The Kier molecular flexibility index (Phi) is 10.8. The third kappa shape index (κ3) is 8.89. The molecule has 0 saturated carbocycles. The predicted molar refractivity (Wildman–Crippen MR) is 181 cm³/mol. The molecule has 238 valence electrons. The highest BCUT2D eigenvalue weighted by Gasteiger charge is 2.12. The topological polar surface area (TPSA) is 132 Å². The SMILES string of the molecule is COc1ccc(C(=O)Oc2ccccc2/C=C/C(=O)Oc2ccccc2/C=N/NC(=O)c2ccc(NC(=O)c3ccccc3)cc2)cc1. The number of ether oxygens (including phenoxy) is 3. The maximum absolute atomic E-state index is 12.7. The summed E-state index contributed by atoms with van der Waals surface area (Å²) in [6, 6.07) is 35.1. The number of hydrogen-bond donors (Lipinski definition) is 2. The summed E-state index contributed by atoms with van der Waals surface area (Å²) in [7, 11) is 1.54. The van der Waals surface area contributed by atoms with Gasteiger partial charge in [-0.05, 0) is 84.9 Å². The van der Waals surface area contributed by atoms with Crippen LogP contribution in [0, 0.1) is 0 Å². The number of amides is 2. The van der Waals surface area contributed by atoms with Crippen molar-refractivity contribution in [1.82, 2.24) is 5.43 Å². The van der Waals surface area contributed by atoms with E-state index in [1.165, 1.54) is 25.5 Å². The fourth-order valence-corrected chi connectivity index (χ4v) is 4.30. The van der Waals surface area contributed by atoms with Crippen LogP contribution in [0.5, 0.6) is 17.2 Å². The lowest BCUT2D eigenvalue weighted by molar-refractivity contribution is -0.128. The summed E-state index contributed by atoms with van der Waals surface area (Å²) in [6.45, 7) is 0. The molecule has 0 radical (unpaired) electrons. The summed E-state index contributed by atoms with van der Waals surface area (Å²) in [5.74, 6) is -0.902. The second-order valence-corrected chi connectivity index (χ2v) is 10.0. The maximum atomic E-state index is 12.7. The van der Waals surface area contributed by atoms with Crippen molar-refractivity contribution in [2.24, 2.45) is 5.10 Å². The molecule has 2 amide bonds. The Morgan fingerprint density at radius 1 is 0.604 bits per heavy atom. The van der Waals surface area contributed by atoms with Crippen molar-refractivity contribution in [2.75, 3.05) is 12.4 Å². The van der Waals surface area contributed by atoms with Crippen molar-refractivity contribution in [3.8, 4) is 17.2 Å². The van der Waals surface area contributed by atoms with Crippen LogP contribution in [0.4, 0.5) is 5.69 Å². The average molecular weight is 640 g/mol. The van der Waals surface area contributed by atoms with Gasteiger partial charge in [0.1, 0.15) is 17.2 Å². The second kappa shape index (κ2) is 16.0. The molecule has 0 aliphatic heterocycles. The summed E-state index contributed by atoms with van der Waals surface area (Å²) in [6.07, 6.45) is 4.04. The van der Waals surface area contributed by atoms with Crippen LogP contribution < -0.4 is 25.0 Å². The Balaban J connectivity index is 1.16. The molecule has 0 spiro atoms. The summed E-state index contributed by atoms with van der Waals surface area (Å²) in [5.41, 5.74) is 5.08. The fourth-order valence-electron chi connectivity index (χ4n) is 4.30. The van der Waals surface area contributed by atoms with Crippen molar-refractivity contribution in [3.05, 3.63) is 161 Å². The number of carbonyl (C=O) groups is 4. The fraction of sp³-hybridized carbons (Fsp3) is 0.0263. The third-order valence-corrected chi connectivity index (χ3v) is 6.79. The molecule has 0 bridgehead atoms. The van der Waals surface area contributed by atoms with Gasteiger partial charge in [0.25, 0.3) is 11.8 Å². The van der Waals surface area contributed by atoms with Gasteiger partial charge in [-0.15, -0.1) is 0 Å². The largest absolute Gasteiger partial charge is 0.497 e. The van der Waals surface area contributed by atoms with E-state index in [9.17, 15) is 19.2 Å². The van der Waals surface area contributed by atoms with Crippen molar-refractivity contribution < 1.29 is 33.4 Å². The van der Waals surface area contributed by atoms with Crippen molar-refractivity contribution >= 4 is 41.7 Å². The normalized spacial score (nSPS) is 10.8. The number of nitrogens with zero attached hydrogens (tertiary/aromatic N) is 1. The van der Waals surface area contributed by atoms with Crippen LogP contribution in [0.2, 0.25) is 0 Å². The molecule has 5 aromatic rings. The molecule has 0 atom stereocenters. The first-order valence-corrected chi connectivity index (χ1v) is 14.6. The Morgan fingerprint density at radius 2 is 1.19 bits per heavy atom. The molecular weight excluding hydrogens is 610 g/mol. The number of para-hydroxylation sites is 2. The van der Waals surface area contributed by atoms with E-state index >= 15 is 0 Å². The van der Waals surface area contributed by atoms with Gasteiger partial charge in [0.05, 0.1) is 18.9 Å². The van der Waals surface area contributed by atoms with Crippen LogP contribution in [0.15, 0.2) is 139 Å². The van der Waals surface area contributed by atoms with Gasteiger partial charge in [-0.2, -0.15) is 5.10 Å². The summed E-state index contributed by atoms with van der Waals surface area (Å²) >= 11 is 0. The number of anilines is 1. The number of hydrazone groups is 1. The molecule has 10 heteroatoms. The Labute approximate surface area is 276 Å². The van der Waals surface area contributed by atoms with Gasteiger partial charge in [-0.25, -0.2) is 15.0 Å². The first-order valence-electron chi connectivity index (χ1n) is 14.6. The number of rotatable bonds is 11. The molecule has 10 nitrogen and oxygen atoms in total. The highest BCUT2D eigenvalue weighted by atomic mass is 16.5. The Bertz CT molecular complexity index is 1970. The molecule has 5 aromatic carbocycles. The van der Waals surface area contributed by atoms with Gasteiger partial charge in [-0.1, -0.05) is 48.5 Å². The monoisotopic (exact) mass is 639 g/mol. The van der Waals surface area contributed by atoms with E-state index < -0.39 is 17.8 Å². The van der Waals surface area contributed by atoms with Gasteiger partial charge < -0.3 is 19.5 Å². The van der Waals surface area contributed by atoms with E-state index in [1.807, 2.05) is 6.07 Å². The highest BCUT2D eigenvalue weighted by Crippen LogP contribution is 2.22. The molecule has 5 rings (SSSR count). The van der Waals surface area contributed by atoms with Gasteiger partial charge in [0.2, 0.25) is 0 Å². The molecule has 48 heavy (non-hydrogen) atoms. The smallest absolute Gasteiger partial charge is 0.343 e. The van der Waals surface area contributed by atoms with Crippen molar-refractivity contribution in [2.45, 2.75) is 0 Å². The van der Waals surface area contributed by atoms with Crippen LogP contribution in [-0.2, 0) is 4.79 Å². The number of esters is 2. The first-order chi connectivity index (χ1) is 23.4. The molecule has 0 heterocycles. The Hall–Kier alpha value is -6.81. The van der Waals surface area contributed by atoms with E-state index in [1.54, 1.807) is 121 Å². The maximum Gasteiger partial charge on any atom is 0.343 e. The zero-order valence-electron chi connectivity index (χ0n) is 25.7. The number of nitrogens with one attached hydrogen (secondary N) is 2. The van der Waals surface area contributed by atoms with Gasteiger partial charge >= 0.3 is 11.9 Å². The lowest BCUT2D eigenvalue weighted by atomic mass is 10.1. The third-order valence-electron chi connectivity index (χ3n) is 6.79. The summed E-state index contributed by atoms with van der Waals surface area (Å²) < 4.78 is 16.2. The van der Waals surface area contributed by atoms with Crippen LogP contribution in [0.1, 0.15) is 42.2 Å². The van der Waals surface area contributed by atoms with Crippen LogP contribution in [0.25, 0.3) is 6.08 Å². The van der Waals surface area contributed by atoms with E-state index in [4.69, 9.17) is 14.2 Å². The van der Waals surface area contributed by atoms with Crippen molar-refractivity contribution in [1.29, 1.82) is 0 Å². The van der Waals surface area contributed by atoms with Crippen LogP contribution in [0.3, 0.4) is 0 Å². The summed E-state index contributed by atoms with van der Waals surface area (Å²) in [5, 5.41) is 6.78. The van der Waals surface area contributed by atoms with Gasteiger partial charge in [-0.3, -0.25) is 9.59 Å². The van der Waals surface area contributed by atoms with Crippen molar-refractivity contribution in [3.63, 3.8) is 0 Å². The van der Waals surface area contributed by atoms with E-state index in [-0.39, 0.29) is 17.4 Å². The molecule has 0 fully saturated rings.